The lowest BCUT2D eigenvalue weighted by atomic mass is 10.1. The first kappa shape index (κ1) is 12.7. The summed E-state index contributed by atoms with van der Waals surface area (Å²) in [6, 6.07) is 18.3. The summed E-state index contributed by atoms with van der Waals surface area (Å²) < 4.78 is 5.79. The van der Waals surface area contributed by atoms with E-state index in [1.54, 1.807) is 0 Å². The van der Waals surface area contributed by atoms with Gasteiger partial charge in [0.25, 0.3) is 0 Å². The first-order valence-corrected chi connectivity index (χ1v) is 7.70. The van der Waals surface area contributed by atoms with Gasteiger partial charge >= 0.3 is 0 Å². The van der Waals surface area contributed by atoms with Gasteiger partial charge in [0.05, 0.1) is 0 Å². The van der Waals surface area contributed by atoms with Gasteiger partial charge in [-0.15, -0.1) is 0 Å². The molecule has 3 rings (SSSR count). The van der Waals surface area contributed by atoms with Crippen LogP contribution in [0.25, 0.3) is 0 Å². The quantitative estimate of drug-likeness (QED) is 0.641. The van der Waals surface area contributed by atoms with Crippen molar-refractivity contribution in [2.24, 2.45) is 5.92 Å². The van der Waals surface area contributed by atoms with E-state index in [4.69, 9.17) is 4.74 Å². The maximum atomic E-state index is 5.79. The Morgan fingerprint density at radius 3 is 2.21 bits per heavy atom. The van der Waals surface area contributed by atoms with Crippen molar-refractivity contribution in [3.8, 4) is 11.5 Å². The number of halogens is 1. The van der Waals surface area contributed by atoms with Crippen molar-refractivity contribution in [2.75, 3.05) is 0 Å². The molecule has 0 aromatic heterocycles. The van der Waals surface area contributed by atoms with E-state index in [1.807, 2.05) is 42.5 Å². The van der Waals surface area contributed by atoms with Crippen molar-refractivity contribution in [1.82, 2.24) is 0 Å². The lowest BCUT2D eigenvalue weighted by molar-refractivity contribution is 0.482. The molecule has 1 aliphatic carbocycles. The predicted octanol–water partition coefficient (Wildman–Crippen LogP) is 5.72. The topological polar surface area (TPSA) is 9.23 Å². The van der Waals surface area contributed by atoms with Gasteiger partial charge in [0.1, 0.15) is 11.5 Å². The van der Waals surface area contributed by atoms with Gasteiger partial charge in [-0.1, -0.05) is 59.1 Å². The largest absolute Gasteiger partial charge is 0.457 e. The van der Waals surface area contributed by atoms with Crippen LogP contribution in [0.1, 0.15) is 29.7 Å². The van der Waals surface area contributed by atoms with Gasteiger partial charge in [0.2, 0.25) is 0 Å². The van der Waals surface area contributed by atoms with Gasteiger partial charge in [-0.05, 0) is 42.2 Å². The second-order valence-electron chi connectivity index (χ2n) is 5.13. The lowest BCUT2D eigenvalue weighted by Gasteiger charge is -2.11. The Hall–Kier alpha value is -1.28. The number of alkyl halides is 1. The fourth-order valence-corrected chi connectivity index (χ4v) is 2.99. The SMILES string of the molecule is BrC(CC1CC1)c1ccc(Oc2ccccc2)cc1. The summed E-state index contributed by atoms with van der Waals surface area (Å²) in [7, 11) is 0. The zero-order valence-corrected chi connectivity index (χ0v) is 12.3. The molecule has 1 saturated carbocycles. The van der Waals surface area contributed by atoms with Crippen molar-refractivity contribution >= 4 is 15.9 Å². The van der Waals surface area contributed by atoms with Crippen LogP contribution in [0, 0.1) is 5.92 Å². The highest BCUT2D eigenvalue weighted by Gasteiger charge is 2.24. The Labute approximate surface area is 122 Å². The number of ether oxygens (including phenoxy) is 1. The predicted molar refractivity (Wildman–Crippen MR) is 82.0 cm³/mol. The maximum Gasteiger partial charge on any atom is 0.127 e. The number of benzene rings is 2. The highest BCUT2D eigenvalue weighted by atomic mass is 79.9. The van der Waals surface area contributed by atoms with Gasteiger partial charge in [-0.3, -0.25) is 0 Å². The van der Waals surface area contributed by atoms with E-state index < -0.39 is 0 Å². The van der Waals surface area contributed by atoms with Gasteiger partial charge in [-0.2, -0.15) is 0 Å². The molecule has 0 bridgehead atoms. The van der Waals surface area contributed by atoms with E-state index in [0.29, 0.717) is 4.83 Å². The summed E-state index contributed by atoms with van der Waals surface area (Å²) in [6.45, 7) is 0. The smallest absolute Gasteiger partial charge is 0.127 e. The van der Waals surface area contributed by atoms with Crippen LogP contribution in [0.5, 0.6) is 11.5 Å². The maximum absolute atomic E-state index is 5.79. The second kappa shape index (κ2) is 5.79. The van der Waals surface area contributed by atoms with Gasteiger partial charge in [-0.25, -0.2) is 0 Å². The molecular weight excluding hydrogens is 300 g/mol. The Balaban J connectivity index is 1.64. The molecule has 0 amide bonds. The lowest BCUT2D eigenvalue weighted by Crippen LogP contribution is -1.91. The minimum atomic E-state index is 0.478. The van der Waals surface area contributed by atoms with E-state index >= 15 is 0 Å². The molecule has 0 spiro atoms. The summed E-state index contributed by atoms with van der Waals surface area (Å²) in [5.41, 5.74) is 1.34. The summed E-state index contributed by atoms with van der Waals surface area (Å²) in [6.07, 6.45) is 4.05. The summed E-state index contributed by atoms with van der Waals surface area (Å²) in [5.74, 6) is 2.70. The molecule has 19 heavy (non-hydrogen) atoms. The van der Waals surface area contributed by atoms with E-state index in [0.717, 1.165) is 17.4 Å². The Bertz CT molecular complexity index is 517. The zero-order chi connectivity index (χ0) is 13.1. The monoisotopic (exact) mass is 316 g/mol. The average molecular weight is 317 g/mol. The molecule has 0 N–H and O–H groups in total. The Morgan fingerprint density at radius 2 is 1.58 bits per heavy atom. The highest BCUT2D eigenvalue weighted by molar-refractivity contribution is 9.09. The van der Waals surface area contributed by atoms with E-state index in [2.05, 4.69) is 28.1 Å². The van der Waals surface area contributed by atoms with Crippen molar-refractivity contribution in [2.45, 2.75) is 24.1 Å². The third-order valence-electron chi connectivity index (χ3n) is 3.46. The second-order valence-corrected chi connectivity index (χ2v) is 6.24. The van der Waals surface area contributed by atoms with Crippen LogP contribution in [0.3, 0.4) is 0 Å². The summed E-state index contributed by atoms with van der Waals surface area (Å²) in [4.78, 5) is 0.478. The summed E-state index contributed by atoms with van der Waals surface area (Å²) >= 11 is 3.78. The normalized spacial score (nSPS) is 16.1. The Kier molecular flexibility index (Phi) is 3.88. The van der Waals surface area contributed by atoms with Gasteiger partial charge in [0.15, 0.2) is 0 Å². The fraction of sp³-hybridized carbons (Fsp3) is 0.294. The minimum Gasteiger partial charge on any atom is -0.457 e. The first-order chi connectivity index (χ1) is 9.31. The standard InChI is InChI=1S/C17H17BrO/c18-17(12-13-6-7-13)14-8-10-16(11-9-14)19-15-4-2-1-3-5-15/h1-5,8-11,13,17H,6-7,12H2. The minimum absolute atomic E-state index is 0.478. The van der Waals surface area contributed by atoms with Crippen LogP contribution in [-0.2, 0) is 0 Å². The fourth-order valence-electron chi connectivity index (χ4n) is 2.15. The molecule has 0 radical (unpaired) electrons. The van der Waals surface area contributed by atoms with Crippen LogP contribution in [0.15, 0.2) is 54.6 Å². The van der Waals surface area contributed by atoms with Crippen molar-refractivity contribution in [3.63, 3.8) is 0 Å². The molecule has 1 aliphatic rings. The molecule has 2 aromatic rings. The van der Waals surface area contributed by atoms with E-state index in [9.17, 15) is 0 Å². The first-order valence-electron chi connectivity index (χ1n) is 6.78. The molecule has 0 saturated heterocycles. The van der Waals surface area contributed by atoms with Crippen LogP contribution < -0.4 is 4.74 Å². The molecule has 0 heterocycles. The van der Waals surface area contributed by atoms with E-state index in [1.165, 1.54) is 24.8 Å². The molecule has 1 fully saturated rings. The molecule has 0 aliphatic heterocycles. The van der Waals surface area contributed by atoms with Crippen LogP contribution in [-0.4, -0.2) is 0 Å². The molecular formula is C17H17BrO. The van der Waals surface area contributed by atoms with Gasteiger partial charge in [0, 0.05) is 4.83 Å². The van der Waals surface area contributed by atoms with Crippen molar-refractivity contribution in [1.29, 1.82) is 0 Å². The number of rotatable bonds is 5. The molecule has 2 aromatic carbocycles. The third-order valence-corrected chi connectivity index (χ3v) is 4.36. The van der Waals surface area contributed by atoms with Crippen LogP contribution in [0.2, 0.25) is 0 Å². The highest BCUT2D eigenvalue weighted by Crippen LogP contribution is 2.41. The van der Waals surface area contributed by atoms with Crippen LogP contribution >= 0.6 is 15.9 Å². The zero-order valence-electron chi connectivity index (χ0n) is 10.8. The number of para-hydroxylation sites is 1. The molecule has 98 valence electrons. The van der Waals surface area contributed by atoms with Crippen molar-refractivity contribution < 1.29 is 4.74 Å². The number of hydrogen-bond donors (Lipinski definition) is 0. The number of hydrogen-bond acceptors (Lipinski definition) is 1. The molecule has 1 nitrogen and oxygen atoms in total. The van der Waals surface area contributed by atoms with E-state index in [-0.39, 0.29) is 0 Å². The molecule has 2 heteroatoms. The van der Waals surface area contributed by atoms with Crippen molar-refractivity contribution in [3.05, 3.63) is 60.2 Å². The average Bonchev–Trinajstić information content (AvgIpc) is 3.25. The Morgan fingerprint density at radius 1 is 0.947 bits per heavy atom. The third kappa shape index (κ3) is 3.60. The molecule has 1 atom stereocenters. The molecule has 1 unspecified atom stereocenters. The summed E-state index contributed by atoms with van der Waals surface area (Å²) in [5, 5.41) is 0. The van der Waals surface area contributed by atoms with Gasteiger partial charge < -0.3 is 4.74 Å². The van der Waals surface area contributed by atoms with Crippen LogP contribution in [0.4, 0.5) is 0 Å².